The molecule has 6 nitrogen and oxygen atoms in total. The average Bonchev–Trinajstić information content (AvgIpc) is 2.73. The van der Waals surface area contributed by atoms with Gasteiger partial charge >= 0.3 is 5.97 Å². The van der Waals surface area contributed by atoms with Crippen molar-refractivity contribution in [2.75, 3.05) is 20.6 Å². The first-order chi connectivity index (χ1) is 7.93. The summed E-state index contributed by atoms with van der Waals surface area (Å²) in [6.07, 6.45) is 1.87. The molecular formula is C11H18N2O4. The van der Waals surface area contributed by atoms with Crippen LogP contribution in [-0.4, -0.2) is 48.4 Å². The first kappa shape index (κ1) is 13.5. The third kappa shape index (κ3) is 3.44. The summed E-state index contributed by atoms with van der Waals surface area (Å²) >= 11 is 0. The Hall–Kier alpha value is -1.59. The summed E-state index contributed by atoms with van der Waals surface area (Å²) < 4.78 is 0. The highest BCUT2D eigenvalue weighted by Gasteiger charge is 2.37. The third-order valence-corrected chi connectivity index (χ3v) is 3.08. The molecule has 0 aromatic rings. The van der Waals surface area contributed by atoms with Gasteiger partial charge in [-0.1, -0.05) is 6.42 Å². The summed E-state index contributed by atoms with van der Waals surface area (Å²) in [5.41, 5.74) is 0. The largest absolute Gasteiger partial charge is 0.481 e. The van der Waals surface area contributed by atoms with Gasteiger partial charge in [-0.15, -0.1) is 0 Å². The molecule has 1 saturated carbocycles. The maximum atomic E-state index is 11.7. The lowest BCUT2D eigenvalue weighted by Crippen LogP contribution is -2.41. The maximum Gasteiger partial charge on any atom is 0.307 e. The van der Waals surface area contributed by atoms with E-state index in [1.165, 1.54) is 4.90 Å². The van der Waals surface area contributed by atoms with E-state index in [4.69, 9.17) is 5.11 Å². The van der Waals surface area contributed by atoms with Crippen LogP contribution in [0.1, 0.15) is 19.3 Å². The van der Waals surface area contributed by atoms with Crippen LogP contribution >= 0.6 is 0 Å². The minimum absolute atomic E-state index is 0.0747. The van der Waals surface area contributed by atoms with Crippen molar-refractivity contribution in [3.8, 4) is 0 Å². The number of carbonyl (C=O) groups is 3. The van der Waals surface area contributed by atoms with Crippen LogP contribution in [0.5, 0.6) is 0 Å². The van der Waals surface area contributed by atoms with E-state index in [1.54, 1.807) is 14.1 Å². The predicted octanol–water partition coefficient (Wildman–Crippen LogP) is -0.308. The van der Waals surface area contributed by atoms with Crippen LogP contribution in [0, 0.1) is 11.8 Å². The van der Waals surface area contributed by atoms with E-state index in [2.05, 4.69) is 5.32 Å². The number of carboxylic acids is 1. The molecule has 17 heavy (non-hydrogen) atoms. The molecule has 2 amide bonds. The Kier molecular flexibility index (Phi) is 4.48. The van der Waals surface area contributed by atoms with Crippen LogP contribution < -0.4 is 5.32 Å². The first-order valence-electron chi connectivity index (χ1n) is 5.64. The third-order valence-electron chi connectivity index (χ3n) is 3.08. The van der Waals surface area contributed by atoms with Gasteiger partial charge in [-0.25, -0.2) is 0 Å². The number of nitrogens with zero attached hydrogens (tertiary/aromatic N) is 1. The van der Waals surface area contributed by atoms with Crippen LogP contribution in [0.25, 0.3) is 0 Å². The Balaban J connectivity index is 2.47. The van der Waals surface area contributed by atoms with E-state index in [-0.39, 0.29) is 18.4 Å². The van der Waals surface area contributed by atoms with Crippen LogP contribution in [0.3, 0.4) is 0 Å². The van der Waals surface area contributed by atoms with E-state index >= 15 is 0 Å². The molecule has 0 heterocycles. The number of hydrogen-bond donors (Lipinski definition) is 2. The zero-order valence-electron chi connectivity index (χ0n) is 10.1. The molecule has 1 aliphatic carbocycles. The second kappa shape index (κ2) is 5.65. The fraction of sp³-hybridized carbons (Fsp3) is 0.727. The highest BCUT2D eigenvalue weighted by Crippen LogP contribution is 2.31. The molecule has 2 N–H and O–H groups in total. The molecule has 6 heteroatoms. The van der Waals surface area contributed by atoms with E-state index < -0.39 is 17.8 Å². The van der Waals surface area contributed by atoms with Crippen LogP contribution in [0.4, 0.5) is 0 Å². The lowest BCUT2D eigenvalue weighted by molar-refractivity contribution is -0.146. The lowest BCUT2D eigenvalue weighted by atomic mass is 9.95. The highest BCUT2D eigenvalue weighted by molar-refractivity contribution is 5.88. The molecule has 1 aliphatic rings. The number of carbonyl (C=O) groups excluding carboxylic acids is 2. The molecule has 1 rings (SSSR count). The number of nitrogens with one attached hydrogen (secondary N) is 1. The van der Waals surface area contributed by atoms with Crippen molar-refractivity contribution in [2.24, 2.45) is 11.8 Å². The normalized spacial score (nSPS) is 23.2. The van der Waals surface area contributed by atoms with Crippen molar-refractivity contribution < 1.29 is 19.5 Å². The summed E-state index contributed by atoms with van der Waals surface area (Å²) in [4.78, 5) is 35.3. The molecule has 0 spiro atoms. The van der Waals surface area contributed by atoms with Gasteiger partial charge in [0.1, 0.15) is 0 Å². The van der Waals surface area contributed by atoms with E-state index in [0.717, 1.165) is 6.42 Å². The average molecular weight is 242 g/mol. The van der Waals surface area contributed by atoms with Gasteiger partial charge < -0.3 is 15.3 Å². The molecule has 2 atom stereocenters. The highest BCUT2D eigenvalue weighted by atomic mass is 16.4. The standard InChI is InChI=1S/C11H18N2O4/c1-13(2)9(14)6-12-10(15)7-4-3-5-8(7)11(16)17/h7-8H,3-6H2,1-2H3,(H,12,15)(H,16,17). The Morgan fingerprint density at radius 3 is 2.35 bits per heavy atom. The minimum atomic E-state index is -0.929. The maximum absolute atomic E-state index is 11.7. The molecule has 1 fully saturated rings. The zero-order chi connectivity index (χ0) is 13.0. The minimum Gasteiger partial charge on any atom is -0.481 e. The topological polar surface area (TPSA) is 86.7 Å². The van der Waals surface area contributed by atoms with Crippen LogP contribution in [0.2, 0.25) is 0 Å². The SMILES string of the molecule is CN(C)C(=O)CNC(=O)C1CCCC1C(=O)O. The van der Waals surface area contributed by atoms with Gasteiger partial charge in [0, 0.05) is 14.1 Å². The summed E-state index contributed by atoms with van der Waals surface area (Å²) in [5, 5.41) is 11.4. The molecule has 0 aliphatic heterocycles. The number of amides is 2. The van der Waals surface area contributed by atoms with Gasteiger partial charge in [-0.2, -0.15) is 0 Å². The smallest absolute Gasteiger partial charge is 0.307 e. The van der Waals surface area contributed by atoms with Crippen molar-refractivity contribution in [2.45, 2.75) is 19.3 Å². The molecule has 0 saturated heterocycles. The van der Waals surface area contributed by atoms with E-state index in [1.807, 2.05) is 0 Å². The number of likely N-dealkylation sites (N-methyl/N-ethyl adjacent to an activating group) is 1. The predicted molar refractivity (Wildman–Crippen MR) is 60.2 cm³/mol. The summed E-state index contributed by atoms with van der Waals surface area (Å²) in [6, 6.07) is 0. The van der Waals surface area contributed by atoms with Crippen molar-refractivity contribution >= 4 is 17.8 Å². The Labute approximate surface area is 100.0 Å². The second-order valence-corrected chi connectivity index (χ2v) is 4.49. The van der Waals surface area contributed by atoms with Gasteiger partial charge in [0.25, 0.3) is 0 Å². The van der Waals surface area contributed by atoms with E-state index in [0.29, 0.717) is 12.8 Å². The molecule has 2 unspecified atom stereocenters. The van der Waals surface area contributed by atoms with Gasteiger partial charge in [-0.05, 0) is 12.8 Å². The molecular weight excluding hydrogens is 224 g/mol. The molecule has 0 radical (unpaired) electrons. The zero-order valence-corrected chi connectivity index (χ0v) is 10.1. The van der Waals surface area contributed by atoms with Crippen LogP contribution in [0.15, 0.2) is 0 Å². The molecule has 0 aromatic carbocycles. The van der Waals surface area contributed by atoms with Gasteiger partial charge in [0.05, 0.1) is 18.4 Å². The molecule has 0 aromatic heterocycles. The number of carboxylic acid groups (broad SMARTS) is 1. The molecule has 96 valence electrons. The number of rotatable bonds is 4. The Morgan fingerprint density at radius 2 is 1.82 bits per heavy atom. The monoisotopic (exact) mass is 242 g/mol. The second-order valence-electron chi connectivity index (χ2n) is 4.49. The van der Waals surface area contributed by atoms with Crippen molar-refractivity contribution in [1.29, 1.82) is 0 Å². The summed E-state index contributed by atoms with van der Waals surface area (Å²) in [6.45, 7) is -0.0747. The summed E-state index contributed by atoms with van der Waals surface area (Å²) in [7, 11) is 3.20. The summed E-state index contributed by atoms with van der Waals surface area (Å²) in [5.74, 6) is -2.57. The van der Waals surface area contributed by atoms with Gasteiger partial charge in [-0.3, -0.25) is 14.4 Å². The fourth-order valence-corrected chi connectivity index (χ4v) is 2.02. The number of aliphatic carboxylic acids is 1. The Morgan fingerprint density at radius 1 is 1.24 bits per heavy atom. The lowest BCUT2D eigenvalue weighted by Gasteiger charge is -2.16. The van der Waals surface area contributed by atoms with Crippen LogP contribution in [-0.2, 0) is 14.4 Å². The van der Waals surface area contributed by atoms with Crippen molar-refractivity contribution in [3.63, 3.8) is 0 Å². The first-order valence-corrected chi connectivity index (χ1v) is 5.64. The molecule has 0 bridgehead atoms. The van der Waals surface area contributed by atoms with Gasteiger partial charge in [0.2, 0.25) is 11.8 Å². The Bertz CT molecular complexity index is 327. The number of hydrogen-bond acceptors (Lipinski definition) is 3. The van der Waals surface area contributed by atoms with E-state index in [9.17, 15) is 14.4 Å². The fourth-order valence-electron chi connectivity index (χ4n) is 2.02. The van der Waals surface area contributed by atoms with Crippen molar-refractivity contribution in [3.05, 3.63) is 0 Å². The quantitative estimate of drug-likeness (QED) is 0.708. The van der Waals surface area contributed by atoms with Crippen molar-refractivity contribution in [1.82, 2.24) is 10.2 Å². The van der Waals surface area contributed by atoms with Gasteiger partial charge in [0.15, 0.2) is 0 Å².